The number of aryl methyl sites for hydroxylation is 1. The first-order valence-corrected chi connectivity index (χ1v) is 10.7. The number of anilines is 1. The van der Waals surface area contributed by atoms with Crippen LogP contribution in [0.4, 0.5) is 5.69 Å². The second-order valence-electron chi connectivity index (χ2n) is 6.78. The van der Waals surface area contributed by atoms with Crippen LogP contribution in [0.3, 0.4) is 0 Å². The Bertz CT molecular complexity index is 878. The Morgan fingerprint density at radius 1 is 1.11 bits per heavy atom. The van der Waals surface area contributed by atoms with Gasteiger partial charge in [-0.05, 0) is 56.7 Å². The minimum absolute atomic E-state index is 0.0164. The minimum Gasteiger partial charge on any atom is -0.497 e. The van der Waals surface area contributed by atoms with Crippen molar-refractivity contribution in [1.29, 1.82) is 0 Å². The monoisotopic (exact) mass is 404 g/mol. The summed E-state index contributed by atoms with van der Waals surface area (Å²) in [6.07, 6.45) is 1.77. The molecule has 1 N–H and O–H groups in total. The van der Waals surface area contributed by atoms with Crippen LogP contribution in [0.5, 0.6) is 5.75 Å². The van der Waals surface area contributed by atoms with E-state index in [1.807, 2.05) is 20.8 Å². The van der Waals surface area contributed by atoms with Gasteiger partial charge >= 0.3 is 0 Å². The third-order valence-corrected chi connectivity index (χ3v) is 6.17. The van der Waals surface area contributed by atoms with Crippen LogP contribution in [0.2, 0.25) is 0 Å². The molecule has 1 atom stereocenters. The van der Waals surface area contributed by atoms with E-state index >= 15 is 0 Å². The van der Waals surface area contributed by atoms with Gasteiger partial charge in [-0.1, -0.05) is 31.0 Å². The van der Waals surface area contributed by atoms with Crippen molar-refractivity contribution in [3.8, 4) is 5.75 Å². The van der Waals surface area contributed by atoms with Gasteiger partial charge in [0, 0.05) is 6.04 Å². The summed E-state index contributed by atoms with van der Waals surface area (Å²) in [5.74, 6) is 0.268. The Hall–Kier alpha value is -2.54. The molecule has 0 spiro atoms. The Kier molecular flexibility index (Phi) is 7.45. The van der Waals surface area contributed by atoms with E-state index in [-0.39, 0.29) is 23.4 Å². The van der Waals surface area contributed by atoms with E-state index < -0.39 is 10.0 Å². The third-order valence-electron chi connectivity index (χ3n) is 4.39. The fourth-order valence-corrected chi connectivity index (χ4v) is 4.28. The molecule has 152 valence electrons. The van der Waals surface area contributed by atoms with Gasteiger partial charge in [0.1, 0.15) is 12.3 Å². The van der Waals surface area contributed by atoms with Crippen LogP contribution in [0.25, 0.3) is 0 Å². The summed E-state index contributed by atoms with van der Waals surface area (Å²) in [7, 11) is -2.36. The zero-order valence-electron chi connectivity index (χ0n) is 16.8. The number of hydrogen-bond acceptors (Lipinski definition) is 4. The van der Waals surface area contributed by atoms with E-state index in [0.717, 1.165) is 22.7 Å². The highest BCUT2D eigenvalue weighted by molar-refractivity contribution is 7.92. The van der Waals surface area contributed by atoms with Crippen LogP contribution in [0.15, 0.2) is 53.4 Å². The smallest absolute Gasteiger partial charge is 0.264 e. The molecule has 1 amide bonds. The van der Waals surface area contributed by atoms with Gasteiger partial charge in [-0.15, -0.1) is 0 Å². The van der Waals surface area contributed by atoms with Crippen LogP contribution in [0, 0.1) is 6.92 Å². The predicted molar refractivity (Wildman–Crippen MR) is 111 cm³/mol. The summed E-state index contributed by atoms with van der Waals surface area (Å²) in [5.41, 5.74) is 1.36. The van der Waals surface area contributed by atoms with E-state index in [2.05, 4.69) is 5.32 Å². The summed E-state index contributed by atoms with van der Waals surface area (Å²) >= 11 is 0. The van der Waals surface area contributed by atoms with Crippen molar-refractivity contribution in [2.75, 3.05) is 18.0 Å². The number of carbonyl (C=O) groups excluding carboxylic acids is 1. The lowest BCUT2D eigenvalue weighted by Crippen LogP contribution is -2.43. The highest BCUT2D eigenvalue weighted by Crippen LogP contribution is 2.26. The average Bonchev–Trinajstić information content (AvgIpc) is 2.66. The minimum atomic E-state index is -3.90. The second kappa shape index (κ2) is 9.59. The molecular weight excluding hydrogens is 376 g/mol. The molecule has 0 aliphatic heterocycles. The van der Waals surface area contributed by atoms with Gasteiger partial charge < -0.3 is 10.1 Å². The Balaban J connectivity index is 2.37. The Labute approximate surface area is 167 Å². The summed E-state index contributed by atoms with van der Waals surface area (Å²) in [6, 6.07) is 13.2. The lowest BCUT2D eigenvalue weighted by Gasteiger charge is -2.25. The Morgan fingerprint density at radius 3 is 2.25 bits per heavy atom. The molecule has 0 aromatic heterocycles. The van der Waals surface area contributed by atoms with Crippen LogP contribution < -0.4 is 14.4 Å². The molecule has 0 radical (unpaired) electrons. The Morgan fingerprint density at radius 2 is 1.71 bits per heavy atom. The maximum atomic E-state index is 13.3. The van der Waals surface area contributed by atoms with Gasteiger partial charge in [-0.2, -0.15) is 0 Å². The second-order valence-corrected chi connectivity index (χ2v) is 8.64. The lowest BCUT2D eigenvalue weighted by atomic mass is 10.2. The van der Waals surface area contributed by atoms with Gasteiger partial charge in [0.15, 0.2) is 0 Å². The number of benzene rings is 2. The molecule has 0 aliphatic carbocycles. The summed E-state index contributed by atoms with van der Waals surface area (Å²) in [6.45, 7) is 5.54. The average molecular weight is 405 g/mol. The number of rotatable bonds is 9. The molecule has 2 rings (SSSR count). The first-order valence-electron chi connectivity index (χ1n) is 9.30. The van der Waals surface area contributed by atoms with Gasteiger partial charge in [0.2, 0.25) is 5.91 Å². The zero-order chi connectivity index (χ0) is 20.7. The maximum Gasteiger partial charge on any atom is 0.264 e. The van der Waals surface area contributed by atoms with E-state index in [0.29, 0.717) is 11.4 Å². The molecule has 0 heterocycles. The molecule has 2 aromatic carbocycles. The van der Waals surface area contributed by atoms with Crippen LogP contribution >= 0.6 is 0 Å². The number of sulfonamides is 1. The van der Waals surface area contributed by atoms with E-state index in [9.17, 15) is 13.2 Å². The van der Waals surface area contributed by atoms with Gasteiger partial charge in [0.05, 0.1) is 17.7 Å². The van der Waals surface area contributed by atoms with Crippen molar-refractivity contribution in [2.45, 2.75) is 44.6 Å². The number of ether oxygens (including phenoxy) is 1. The lowest BCUT2D eigenvalue weighted by molar-refractivity contribution is -0.120. The van der Waals surface area contributed by atoms with Crippen molar-refractivity contribution in [3.05, 3.63) is 54.1 Å². The van der Waals surface area contributed by atoms with Crippen LogP contribution in [-0.2, 0) is 14.8 Å². The molecule has 0 saturated carbocycles. The number of nitrogens with one attached hydrogen (secondary N) is 1. The fraction of sp³-hybridized carbons (Fsp3) is 0.381. The van der Waals surface area contributed by atoms with E-state index in [4.69, 9.17) is 4.74 Å². The van der Waals surface area contributed by atoms with Gasteiger partial charge in [0.25, 0.3) is 10.0 Å². The number of hydrogen-bond donors (Lipinski definition) is 1. The topological polar surface area (TPSA) is 75.7 Å². The quantitative estimate of drug-likeness (QED) is 0.694. The number of amides is 1. The first kappa shape index (κ1) is 21.8. The summed E-state index contributed by atoms with van der Waals surface area (Å²) in [5, 5.41) is 2.87. The van der Waals surface area contributed by atoms with Crippen LogP contribution in [0.1, 0.15) is 32.3 Å². The number of methoxy groups -OCH3 is 1. The number of carbonyl (C=O) groups is 1. The van der Waals surface area contributed by atoms with Crippen LogP contribution in [-0.4, -0.2) is 34.0 Å². The highest BCUT2D eigenvalue weighted by atomic mass is 32.2. The fourth-order valence-electron chi connectivity index (χ4n) is 2.86. The molecule has 0 bridgehead atoms. The largest absolute Gasteiger partial charge is 0.497 e. The van der Waals surface area contributed by atoms with Gasteiger partial charge in [-0.25, -0.2) is 8.42 Å². The molecule has 28 heavy (non-hydrogen) atoms. The van der Waals surface area contributed by atoms with Crippen molar-refractivity contribution in [3.63, 3.8) is 0 Å². The molecular formula is C21H28N2O4S. The molecule has 0 aliphatic rings. The molecule has 7 heteroatoms. The summed E-state index contributed by atoms with van der Waals surface area (Å²) in [4.78, 5) is 12.7. The highest BCUT2D eigenvalue weighted by Gasteiger charge is 2.27. The molecule has 0 saturated heterocycles. The predicted octanol–water partition coefficient (Wildman–Crippen LogP) is 3.50. The van der Waals surface area contributed by atoms with Crippen molar-refractivity contribution in [2.24, 2.45) is 0 Å². The third kappa shape index (κ3) is 5.48. The van der Waals surface area contributed by atoms with Crippen molar-refractivity contribution >= 4 is 21.6 Å². The van der Waals surface area contributed by atoms with Crippen molar-refractivity contribution in [1.82, 2.24) is 5.32 Å². The maximum absolute atomic E-state index is 13.3. The number of nitrogens with zero attached hydrogens (tertiary/aromatic N) is 1. The summed E-state index contributed by atoms with van der Waals surface area (Å²) < 4.78 is 32.8. The normalized spacial score (nSPS) is 12.3. The van der Waals surface area contributed by atoms with Crippen molar-refractivity contribution < 1.29 is 17.9 Å². The first-order chi connectivity index (χ1) is 13.3. The van der Waals surface area contributed by atoms with E-state index in [1.54, 1.807) is 55.6 Å². The van der Waals surface area contributed by atoms with E-state index in [1.165, 1.54) is 0 Å². The molecule has 0 fully saturated rings. The standard InChI is InChI=1S/C21H28N2O4S/c1-5-6-17(3)22-21(24)15-23(18-9-11-19(27-4)12-10-18)28(25,26)20-13-7-16(2)8-14-20/h7-14,17H,5-6,15H2,1-4H3,(H,22,24)/t17-/m0/s1. The SMILES string of the molecule is CCC[C@H](C)NC(=O)CN(c1ccc(OC)cc1)S(=O)(=O)c1ccc(C)cc1. The zero-order valence-corrected chi connectivity index (χ0v) is 17.6. The molecule has 6 nitrogen and oxygen atoms in total. The van der Waals surface area contributed by atoms with Gasteiger partial charge in [-0.3, -0.25) is 9.10 Å². The molecule has 0 unspecified atom stereocenters. The molecule has 2 aromatic rings.